The molecule has 10 heteroatoms. The standard InChI is InChI=1S/C24H24N4O4S2/c1-30-18-9-7-17(8-10-18)28-22(14-19-5-4-12-33-19)26-27-24(28)34-15-23(29)25-16-6-11-20(31-2)21(13-16)32-3/h4-13H,14-15H2,1-3H3,(H,25,29). The zero-order chi connectivity index (χ0) is 23.9. The fraction of sp³-hybridized carbons (Fsp3) is 0.208. The molecule has 0 spiro atoms. The van der Waals surface area contributed by atoms with Crippen LogP contribution >= 0.6 is 23.1 Å². The molecule has 0 fully saturated rings. The van der Waals surface area contributed by atoms with Gasteiger partial charge in [0.15, 0.2) is 16.7 Å². The van der Waals surface area contributed by atoms with E-state index in [1.165, 1.54) is 16.6 Å². The number of carbonyl (C=O) groups excluding carboxylic acids is 1. The Labute approximate surface area is 205 Å². The second-order valence-corrected chi connectivity index (χ2v) is 9.07. The highest BCUT2D eigenvalue weighted by molar-refractivity contribution is 7.99. The molecular formula is C24H24N4O4S2. The monoisotopic (exact) mass is 496 g/mol. The second-order valence-electron chi connectivity index (χ2n) is 7.09. The molecule has 8 nitrogen and oxygen atoms in total. The van der Waals surface area contributed by atoms with Crippen molar-refractivity contribution in [1.82, 2.24) is 14.8 Å². The van der Waals surface area contributed by atoms with Crippen LogP contribution < -0.4 is 19.5 Å². The minimum absolute atomic E-state index is 0.165. The Morgan fingerprint density at radius 2 is 1.79 bits per heavy atom. The van der Waals surface area contributed by atoms with E-state index in [9.17, 15) is 4.79 Å². The number of amides is 1. The summed E-state index contributed by atoms with van der Waals surface area (Å²) in [7, 11) is 4.76. The summed E-state index contributed by atoms with van der Waals surface area (Å²) >= 11 is 2.99. The summed E-state index contributed by atoms with van der Waals surface area (Å²) in [6.45, 7) is 0. The highest BCUT2D eigenvalue weighted by Crippen LogP contribution is 2.30. The summed E-state index contributed by atoms with van der Waals surface area (Å²) < 4.78 is 17.8. The minimum Gasteiger partial charge on any atom is -0.497 e. The number of benzene rings is 2. The number of rotatable bonds is 10. The van der Waals surface area contributed by atoms with Crippen molar-refractivity contribution < 1.29 is 19.0 Å². The van der Waals surface area contributed by atoms with Crippen LogP contribution in [0.1, 0.15) is 10.7 Å². The van der Waals surface area contributed by atoms with Gasteiger partial charge in [0, 0.05) is 28.7 Å². The quantitative estimate of drug-likeness (QED) is 0.319. The average Bonchev–Trinajstić information content (AvgIpc) is 3.53. The fourth-order valence-electron chi connectivity index (χ4n) is 3.31. The van der Waals surface area contributed by atoms with Crippen molar-refractivity contribution in [2.45, 2.75) is 11.6 Å². The molecule has 0 radical (unpaired) electrons. The van der Waals surface area contributed by atoms with Crippen LogP contribution in [-0.4, -0.2) is 47.8 Å². The van der Waals surface area contributed by atoms with Gasteiger partial charge in [0.2, 0.25) is 5.91 Å². The third kappa shape index (κ3) is 5.52. The smallest absolute Gasteiger partial charge is 0.234 e. The van der Waals surface area contributed by atoms with Gasteiger partial charge in [0.05, 0.1) is 27.1 Å². The zero-order valence-electron chi connectivity index (χ0n) is 19.0. The van der Waals surface area contributed by atoms with E-state index in [0.717, 1.165) is 17.3 Å². The highest BCUT2D eigenvalue weighted by Gasteiger charge is 2.17. The molecule has 0 bridgehead atoms. The van der Waals surface area contributed by atoms with Gasteiger partial charge in [-0.25, -0.2) is 0 Å². The first-order chi connectivity index (χ1) is 16.6. The van der Waals surface area contributed by atoms with Crippen molar-refractivity contribution in [2.75, 3.05) is 32.4 Å². The molecule has 2 heterocycles. The van der Waals surface area contributed by atoms with Gasteiger partial charge in [-0.3, -0.25) is 9.36 Å². The first-order valence-corrected chi connectivity index (χ1v) is 12.2. The van der Waals surface area contributed by atoms with Gasteiger partial charge in [0.25, 0.3) is 0 Å². The normalized spacial score (nSPS) is 10.7. The first-order valence-electron chi connectivity index (χ1n) is 10.4. The Bertz CT molecular complexity index is 1240. The molecule has 2 aromatic heterocycles. The summed E-state index contributed by atoms with van der Waals surface area (Å²) in [4.78, 5) is 13.8. The van der Waals surface area contributed by atoms with E-state index in [2.05, 4.69) is 21.6 Å². The Kier molecular flexibility index (Phi) is 7.71. The van der Waals surface area contributed by atoms with E-state index in [4.69, 9.17) is 14.2 Å². The maximum absolute atomic E-state index is 12.7. The van der Waals surface area contributed by atoms with E-state index in [0.29, 0.717) is 28.8 Å². The molecule has 0 aliphatic rings. The number of thiophene rings is 1. The zero-order valence-corrected chi connectivity index (χ0v) is 20.6. The van der Waals surface area contributed by atoms with Gasteiger partial charge >= 0.3 is 0 Å². The van der Waals surface area contributed by atoms with Gasteiger partial charge in [-0.05, 0) is 47.8 Å². The van der Waals surface area contributed by atoms with Crippen molar-refractivity contribution >= 4 is 34.7 Å². The molecule has 0 aliphatic heterocycles. The lowest BCUT2D eigenvalue weighted by molar-refractivity contribution is -0.113. The molecule has 0 atom stereocenters. The molecule has 1 amide bonds. The average molecular weight is 497 g/mol. The van der Waals surface area contributed by atoms with Crippen LogP contribution in [0.25, 0.3) is 5.69 Å². The van der Waals surface area contributed by atoms with Gasteiger partial charge in [-0.1, -0.05) is 17.8 Å². The minimum atomic E-state index is -0.165. The third-order valence-corrected chi connectivity index (χ3v) is 6.75. The number of carbonyl (C=O) groups is 1. The molecule has 4 rings (SSSR count). The van der Waals surface area contributed by atoms with Gasteiger partial charge in [-0.15, -0.1) is 21.5 Å². The van der Waals surface area contributed by atoms with Crippen molar-refractivity contribution in [3.8, 4) is 22.9 Å². The molecule has 0 unspecified atom stereocenters. The topological polar surface area (TPSA) is 87.5 Å². The number of aromatic nitrogens is 3. The maximum atomic E-state index is 12.7. The Morgan fingerprint density at radius 1 is 1.00 bits per heavy atom. The van der Waals surface area contributed by atoms with Crippen LogP contribution in [-0.2, 0) is 11.2 Å². The fourth-order valence-corrected chi connectivity index (χ4v) is 4.78. The SMILES string of the molecule is COc1ccc(-n2c(Cc3cccs3)nnc2SCC(=O)Nc2ccc(OC)c(OC)c2)cc1. The summed E-state index contributed by atoms with van der Waals surface area (Å²) in [5.41, 5.74) is 1.53. The number of nitrogens with zero attached hydrogens (tertiary/aromatic N) is 3. The van der Waals surface area contributed by atoms with E-state index in [-0.39, 0.29) is 11.7 Å². The number of thioether (sulfide) groups is 1. The Balaban J connectivity index is 1.51. The molecule has 0 saturated carbocycles. The van der Waals surface area contributed by atoms with Crippen molar-refractivity contribution in [1.29, 1.82) is 0 Å². The van der Waals surface area contributed by atoms with Crippen LogP contribution in [0.15, 0.2) is 65.1 Å². The molecule has 176 valence electrons. The molecule has 1 N–H and O–H groups in total. The van der Waals surface area contributed by atoms with Gasteiger partial charge in [0.1, 0.15) is 11.6 Å². The number of methoxy groups -OCH3 is 3. The number of anilines is 1. The van der Waals surface area contributed by atoms with E-state index in [1.54, 1.807) is 50.9 Å². The van der Waals surface area contributed by atoms with E-state index < -0.39 is 0 Å². The van der Waals surface area contributed by atoms with E-state index >= 15 is 0 Å². The van der Waals surface area contributed by atoms with Gasteiger partial charge in [-0.2, -0.15) is 0 Å². The van der Waals surface area contributed by atoms with Crippen LogP contribution in [0.2, 0.25) is 0 Å². The molecule has 34 heavy (non-hydrogen) atoms. The largest absolute Gasteiger partial charge is 0.497 e. The predicted molar refractivity (Wildman–Crippen MR) is 134 cm³/mol. The molecule has 0 aliphatic carbocycles. The Morgan fingerprint density at radius 3 is 2.47 bits per heavy atom. The predicted octanol–water partition coefficient (Wildman–Crippen LogP) is 4.68. The van der Waals surface area contributed by atoms with E-state index in [1.807, 2.05) is 40.3 Å². The van der Waals surface area contributed by atoms with Crippen LogP contribution in [0.3, 0.4) is 0 Å². The number of ether oxygens (including phenoxy) is 3. The molecule has 2 aromatic carbocycles. The van der Waals surface area contributed by atoms with Gasteiger partial charge < -0.3 is 19.5 Å². The summed E-state index contributed by atoms with van der Waals surface area (Å²) in [5, 5.41) is 14.4. The first kappa shape index (κ1) is 23.7. The van der Waals surface area contributed by atoms with Crippen molar-refractivity contribution in [3.63, 3.8) is 0 Å². The number of hydrogen-bond acceptors (Lipinski definition) is 8. The Hall–Kier alpha value is -3.50. The van der Waals surface area contributed by atoms with Crippen molar-refractivity contribution in [2.24, 2.45) is 0 Å². The number of hydrogen-bond donors (Lipinski definition) is 1. The maximum Gasteiger partial charge on any atom is 0.234 e. The molecular weight excluding hydrogens is 472 g/mol. The van der Waals surface area contributed by atoms with Crippen LogP contribution in [0.4, 0.5) is 5.69 Å². The lowest BCUT2D eigenvalue weighted by atomic mass is 10.2. The molecule has 4 aromatic rings. The number of nitrogens with one attached hydrogen (secondary N) is 1. The van der Waals surface area contributed by atoms with Crippen molar-refractivity contribution in [3.05, 3.63) is 70.7 Å². The van der Waals surface area contributed by atoms with Crippen LogP contribution in [0, 0.1) is 0 Å². The van der Waals surface area contributed by atoms with Crippen LogP contribution in [0.5, 0.6) is 17.2 Å². The summed E-state index contributed by atoms with van der Waals surface area (Å²) in [6, 6.07) is 17.0. The second kappa shape index (κ2) is 11.1. The lowest BCUT2D eigenvalue weighted by Gasteiger charge is -2.12. The third-order valence-electron chi connectivity index (χ3n) is 4.94. The summed E-state index contributed by atoms with van der Waals surface area (Å²) in [6.07, 6.45) is 0.648. The highest BCUT2D eigenvalue weighted by atomic mass is 32.2. The summed E-state index contributed by atoms with van der Waals surface area (Å²) in [5.74, 6) is 2.71. The molecule has 0 saturated heterocycles. The lowest BCUT2D eigenvalue weighted by Crippen LogP contribution is -2.14.